The number of thiol groups is 1. The van der Waals surface area contributed by atoms with Crippen LogP contribution < -0.4 is 4.18 Å². The molecule has 0 bridgehead atoms. The van der Waals surface area contributed by atoms with E-state index < -0.39 is 11.0 Å². The fourth-order valence-electron chi connectivity index (χ4n) is 2.17. The fraction of sp³-hybridized carbons (Fsp3) is 0. The highest BCUT2D eigenvalue weighted by Gasteiger charge is 2.05. The molecule has 3 rings (SSSR count). The molecule has 0 heterocycles. The molecule has 4 heteroatoms. The van der Waals surface area contributed by atoms with Gasteiger partial charge in [0.25, 0.3) is 11.0 Å². The van der Waals surface area contributed by atoms with Crippen LogP contribution in [0.5, 0.6) is 5.75 Å². The molecule has 3 aromatic rings. The first kappa shape index (κ1) is 11.0. The van der Waals surface area contributed by atoms with E-state index in [-0.39, 0.29) is 0 Å². The van der Waals surface area contributed by atoms with Crippen molar-refractivity contribution in [2.24, 2.45) is 0 Å². The molecule has 0 aliphatic rings. The SMILES string of the molecule is O=[SH](=O)Oc1cccc2c1ccc1ccccc12. The molecule has 0 aliphatic carbocycles. The third kappa shape index (κ3) is 1.80. The lowest BCUT2D eigenvalue weighted by Gasteiger charge is -2.06. The molecule has 0 fully saturated rings. The molecular formula is C14H10O3S. The maximum absolute atomic E-state index is 10.7. The van der Waals surface area contributed by atoms with Gasteiger partial charge >= 0.3 is 0 Å². The second-order valence-corrected chi connectivity index (χ2v) is 4.58. The number of hydrogen-bond donors (Lipinski definition) is 1. The van der Waals surface area contributed by atoms with E-state index in [1.807, 2.05) is 42.5 Å². The first-order valence-electron chi connectivity index (χ1n) is 5.48. The Bertz CT molecular complexity index is 798. The topological polar surface area (TPSA) is 43.4 Å². The average Bonchev–Trinajstić information content (AvgIpc) is 2.38. The quantitative estimate of drug-likeness (QED) is 0.567. The lowest BCUT2D eigenvalue weighted by molar-refractivity contribution is 0.513. The Balaban J connectivity index is 2.39. The molecule has 0 atom stereocenters. The maximum Gasteiger partial charge on any atom is 0.299 e. The van der Waals surface area contributed by atoms with Gasteiger partial charge in [0.15, 0.2) is 0 Å². The highest BCUT2D eigenvalue weighted by Crippen LogP contribution is 2.31. The minimum Gasteiger partial charge on any atom is -0.384 e. The van der Waals surface area contributed by atoms with Gasteiger partial charge in [-0.05, 0) is 28.3 Å². The molecule has 0 spiro atoms. The van der Waals surface area contributed by atoms with Crippen molar-refractivity contribution >= 4 is 32.5 Å². The van der Waals surface area contributed by atoms with Crippen LogP contribution in [0.15, 0.2) is 54.6 Å². The molecule has 0 N–H and O–H groups in total. The van der Waals surface area contributed by atoms with Crippen molar-refractivity contribution in [2.45, 2.75) is 0 Å². The van der Waals surface area contributed by atoms with Crippen LogP contribution in [0.1, 0.15) is 0 Å². The van der Waals surface area contributed by atoms with Gasteiger partial charge < -0.3 is 4.18 Å². The highest BCUT2D eigenvalue weighted by atomic mass is 32.2. The molecule has 0 aromatic heterocycles. The summed E-state index contributed by atoms with van der Waals surface area (Å²) in [6, 6.07) is 17.2. The minimum atomic E-state index is -2.89. The Kier molecular flexibility index (Phi) is 2.64. The lowest BCUT2D eigenvalue weighted by atomic mass is 10.0. The molecule has 0 unspecified atom stereocenters. The fourth-order valence-corrected chi connectivity index (χ4v) is 2.49. The molecule has 90 valence electrons. The number of hydrogen-bond acceptors (Lipinski definition) is 3. The van der Waals surface area contributed by atoms with Crippen molar-refractivity contribution in [1.82, 2.24) is 0 Å². The van der Waals surface area contributed by atoms with Crippen LogP contribution in [0.3, 0.4) is 0 Å². The van der Waals surface area contributed by atoms with Crippen LogP contribution in [-0.4, -0.2) is 8.42 Å². The minimum absolute atomic E-state index is 0.370. The van der Waals surface area contributed by atoms with Gasteiger partial charge in [-0.1, -0.05) is 42.5 Å². The number of fused-ring (bicyclic) bond motifs is 3. The Morgan fingerprint density at radius 2 is 1.50 bits per heavy atom. The molecule has 0 saturated heterocycles. The Hall–Kier alpha value is -2.07. The monoisotopic (exact) mass is 258 g/mol. The summed E-state index contributed by atoms with van der Waals surface area (Å²) in [4.78, 5) is 0. The standard InChI is InChI=1S/C14H10O3S/c15-18(16)17-14-7-3-6-12-11-5-2-1-4-10(11)8-9-13(12)14/h1-9,18H. The summed E-state index contributed by atoms with van der Waals surface area (Å²) in [7, 11) is -2.89. The van der Waals surface area contributed by atoms with E-state index in [1.165, 1.54) is 0 Å². The van der Waals surface area contributed by atoms with Gasteiger partial charge in [0.1, 0.15) is 5.75 Å². The smallest absolute Gasteiger partial charge is 0.299 e. The van der Waals surface area contributed by atoms with Crippen molar-refractivity contribution in [3.8, 4) is 5.75 Å². The van der Waals surface area contributed by atoms with Gasteiger partial charge in [-0.15, -0.1) is 0 Å². The summed E-state index contributed by atoms with van der Waals surface area (Å²) in [5, 5.41) is 3.99. The van der Waals surface area contributed by atoms with Crippen LogP contribution in [0.2, 0.25) is 0 Å². The highest BCUT2D eigenvalue weighted by molar-refractivity contribution is 7.67. The van der Waals surface area contributed by atoms with Crippen molar-refractivity contribution in [1.29, 1.82) is 0 Å². The third-order valence-electron chi connectivity index (χ3n) is 2.92. The van der Waals surface area contributed by atoms with Gasteiger partial charge in [-0.25, -0.2) is 0 Å². The van der Waals surface area contributed by atoms with Gasteiger partial charge in [0, 0.05) is 5.39 Å². The Morgan fingerprint density at radius 3 is 2.33 bits per heavy atom. The summed E-state index contributed by atoms with van der Waals surface area (Å²) in [5.74, 6) is 0.370. The predicted octanol–water partition coefficient (Wildman–Crippen LogP) is 2.90. The molecule has 0 radical (unpaired) electrons. The van der Waals surface area contributed by atoms with Gasteiger partial charge in [0.2, 0.25) is 0 Å². The van der Waals surface area contributed by atoms with E-state index >= 15 is 0 Å². The molecular weight excluding hydrogens is 248 g/mol. The van der Waals surface area contributed by atoms with E-state index in [1.54, 1.807) is 12.1 Å². The number of rotatable bonds is 2. The first-order chi connectivity index (χ1) is 8.75. The Labute approximate surface area is 106 Å². The molecule has 0 saturated carbocycles. The zero-order chi connectivity index (χ0) is 12.5. The molecule has 0 amide bonds. The summed E-state index contributed by atoms with van der Waals surface area (Å²) >= 11 is 0. The van der Waals surface area contributed by atoms with Gasteiger partial charge in [0.05, 0.1) is 0 Å². The van der Waals surface area contributed by atoms with Crippen molar-refractivity contribution in [3.63, 3.8) is 0 Å². The summed E-state index contributed by atoms with van der Waals surface area (Å²) in [5.41, 5.74) is 0. The summed E-state index contributed by atoms with van der Waals surface area (Å²) < 4.78 is 26.2. The molecule has 3 aromatic carbocycles. The van der Waals surface area contributed by atoms with Gasteiger partial charge in [-0.2, -0.15) is 8.42 Å². The van der Waals surface area contributed by atoms with Crippen LogP contribution in [0, 0.1) is 0 Å². The lowest BCUT2D eigenvalue weighted by Crippen LogP contribution is -1.91. The number of benzene rings is 3. The maximum atomic E-state index is 10.7. The molecule has 0 aliphatic heterocycles. The van der Waals surface area contributed by atoms with E-state index in [9.17, 15) is 8.42 Å². The van der Waals surface area contributed by atoms with Crippen LogP contribution in [0.25, 0.3) is 21.5 Å². The normalized spacial score (nSPS) is 11.2. The van der Waals surface area contributed by atoms with Crippen molar-refractivity contribution in [3.05, 3.63) is 54.6 Å². The Morgan fingerprint density at radius 1 is 0.722 bits per heavy atom. The van der Waals surface area contributed by atoms with Crippen molar-refractivity contribution in [2.75, 3.05) is 0 Å². The van der Waals surface area contributed by atoms with Gasteiger partial charge in [-0.3, -0.25) is 0 Å². The summed E-state index contributed by atoms with van der Waals surface area (Å²) in [6.07, 6.45) is 0. The van der Waals surface area contributed by atoms with E-state index in [2.05, 4.69) is 0 Å². The molecule has 18 heavy (non-hydrogen) atoms. The van der Waals surface area contributed by atoms with E-state index in [0.29, 0.717) is 5.75 Å². The predicted molar refractivity (Wildman–Crippen MR) is 72.4 cm³/mol. The van der Waals surface area contributed by atoms with Crippen LogP contribution >= 0.6 is 0 Å². The summed E-state index contributed by atoms with van der Waals surface area (Å²) in [6.45, 7) is 0. The first-order valence-corrected chi connectivity index (χ1v) is 6.58. The average molecular weight is 258 g/mol. The van der Waals surface area contributed by atoms with E-state index in [4.69, 9.17) is 4.18 Å². The van der Waals surface area contributed by atoms with Crippen LogP contribution in [0.4, 0.5) is 0 Å². The zero-order valence-electron chi connectivity index (χ0n) is 9.37. The second-order valence-electron chi connectivity index (χ2n) is 3.95. The second kappa shape index (κ2) is 4.31. The third-order valence-corrected chi connectivity index (χ3v) is 3.27. The van der Waals surface area contributed by atoms with Crippen molar-refractivity contribution < 1.29 is 12.6 Å². The molecule has 3 nitrogen and oxygen atoms in total. The zero-order valence-corrected chi connectivity index (χ0v) is 10.3. The largest absolute Gasteiger partial charge is 0.384 e. The van der Waals surface area contributed by atoms with Crippen LogP contribution in [-0.2, 0) is 11.0 Å². The van der Waals surface area contributed by atoms with E-state index in [0.717, 1.165) is 21.5 Å².